The van der Waals surface area contributed by atoms with Crippen molar-refractivity contribution in [3.8, 4) is 0 Å². The van der Waals surface area contributed by atoms with Crippen molar-refractivity contribution in [2.75, 3.05) is 14.2 Å². The minimum absolute atomic E-state index is 0.0354. The largest absolute Gasteiger partial charge is 0.468 e. The molecule has 0 radical (unpaired) electrons. The Bertz CT molecular complexity index is 608. The van der Waals surface area contributed by atoms with Crippen molar-refractivity contribution < 1.29 is 23.9 Å². The number of methoxy groups -OCH3 is 2. The molecule has 1 atom stereocenters. The van der Waals surface area contributed by atoms with E-state index < -0.39 is 23.5 Å². The lowest BCUT2D eigenvalue weighted by Crippen LogP contribution is -2.37. The number of hydrogen-bond acceptors (Lipinski definition) is 6. The van der Waals surface area contributed by atoms with E-state index in [1.807, 2.05) is 44.2 Å². The van der Waals surface area contributed by atoms with Gasteiger partial charge in [0, 0.05) is 18.8 Å². The summed E-state index contributed by atoms with van der Waals surface area (Å²) in [5, 5.41) is 4.21. The molecule has 0 bridgehead atoms. The van der Waals surface area contributed by atoms with Crippen molar-refractivity contribution >= 4 is 17.7 Å². The maximum Gasteiger partial charge on any atom is 0.320 e. The maximum absolute atomic E-state index is 11.9. The Hall–Kier alpha value is -2.37. The van der Waals surface area contributed by atoms with E-state index in [-0.39, 0.29) is 12.3 Å². The third kappa shape index (κ3) is 4.13. The van der Waals surface area contributed by atoms with E-state index in [1.165, 1.54) is 14.2 Å². The average molecular weight is 333 g/mol. The van der Waals surface area contributed by atoms with Gasteiger partial charge in [0.05, 0.1) is 19.9 Å². The van der Waals surface area contributed by atoms with Crippen LogP contribution in [-0.2, 0) is 23.9 Å². The SMILES string of the molecule is COC(=O)C(CC1=NOC(C)(C)CC1c1ccccc1)C(=O)OC. The molecule has 1 unspecified atom stereocenters. The van der Waals surface area contributed by atoms with Gasteiger partial charge in [0.15, 0.2) is 5.92 Å². The molecule has 1 heterocycles. The first kappa shape index (κ1) is 18.0. The molecule has 1 aromatic carbocycles. The first-order chi connectivity index (χ1) is 11.4. The molecule has 0 amide bonds. The van der Waals surface area contributed by atoms with E-state index in [9.17, 15) is 9.59 Å². The van der Waals surface area contributed by atoms with Gasteiger partial charge in [-0.25, -0.2) is 0 Å². The third-order valence-corrected chi connectivity index (χ3v) is 4.09. The van der Waals surface area contributed by atoms with Gasteiger partial charge in [-0.2, -0.15) is 0 Å². The second-order valence-electron chi connectivity index (χ2n) is 6.40. The molecule has 1 aromatic rings. The summed E-state index contributed by atoms with van der Waals surface area (Å²) >= 11 is 0. The molecule has 2 rings (SSSR count). The summed E-state index contributed by atoms with van der Waals surface area (Å²) in [6, 6.07) is 9.86. The number of esters is 2. The summed E-state index contributed by atoms with van der Waals surface area (Å²) in [6.45, 7) is 3.92. The third-order valence-electron chi connectivity index (χ3n) is 4.09. The van der Waals surface area contributed by atoms with Crippen LogP contribution in [0.5, 0.6) is 0 Å². The van der Waals surface area contributed by atoms with Crippen LogP contribution in [0.15, 0.2) is 35.5 Å². The Kier molecular flexibility index (Phi) is 5.59. The van der Waals surface area contributed by atoms with E-state index in [1.54, 1.807) is 0 Å². The van der Waals surface area contributed by atoms with Crippen molar-refractivity contribution in [2.24, 2.45) is 11.1 Å². The normalized spacial score (nSPS) is 19.2. The standard InChI is InChI=1S/C18H23NO5/c1-18(2)11-14(12-8-6-5-7-9-12)15(19-24-18)10-13(16(20)22-3)17(21)23-4/h5-9,13-14H,10-11H2,1-4H3. The smallest absolute Gasteiger partial charge is 0.320 e. The molecule has 0 saturated heterocycles. The number of carbonyl (C=O) groups is 2. The number of hydrogen-bond donors (Lipinski definition) is 0. The predicted molar refractivity (Wildman–Crippen MR) is 88.5 cm³/mol. The maximum atomic E-state index is 11.9. The second-order valence-corrected chi connectivity index (χ2v) is 6.40. The fourth-order valence-corrected chi connectivity index (χ4v) is 2.82. The topological polar surface area (TPSA) is 74.2 Å². The summed E-state index contributed by atoms with van der Waals surface area (Å²) in [7, 11) is 2.49. The Labute approximate surface area is 141 Å². The van der Waals surface area contributed by atoms with Gasteiger partial charge in [0.1, 0.15) is 5.60 Å². The van der Waals surface area contributed by atoms with Gasteiger partial charge in [-0.1, -0.05) is 35.5 Å². The molecular formula is C18H23NO5. The zero-order valence-corrected chi connectivity index (χ0v) is 14.4. The minimum Gasteiger partial charge on any atom is -0.468 e. The van der Waals surface area contributed by atoms with Crippen LogP contribution in [0, 0.1) is 5.92 Å². The van der Waals surface area contributed by atoms with E-state index in [4.69, 9.17) is 14.3 Å². The Morgan fingerprint density at radius 2 is 1.79 bits per heavy atom. The van der Waals surface area contributed by atoms with E-state index in [0.29, 0.717) is 12.1 Å². The molecule has 24 heavy (non-hydrogen) atoms. The van der Waals surface area contributed by atoms with Crippen LogP contribution < -0.4 is 0 Å². The van der Waals surface area contributed by atoms with Crippen molar-refractivity contribution in [2.45, 2.75) is 38.2 Å². The molecule has 1 aliphatic rings. The number of carbonyl (C=O) groups excluding carboxylic acids is 2. The monoisotopic (exact) mass is 333 g/mol. The van der Waals surface area contributed by atoms with Gasteiger partial charge >= 0.3 is 11.9 Å². The summed E-state index contributed by atoms with van der Waals surface area (Å²) < 4.78 is 9.45. The Balaban J connectivity index is 2.32. The number of ether oxygens (including phenoxy) is 2. The van der Waals surface area contributed by atoms with Crippen LogP contribution in [0.2, 0.25) is 0 Å². The fraction of sp³-hybridized carbons (Fsp3) is 0.500. The van der Waals surface area contributed by atoms with Gasteiger partial charge in [-0.15, -0.1) is 0 Å². The quantitative estimate of drug-likeness (QED) is 0.612. The molecular weight excluding hydrogens is 310 g/mol. The zero-order valence-electron chi connectivity index (χ0n) is 14.4. The van der Waals surface area contributed by atoms with Crippen LogP contribution in [0.25, 0.3) is 0 Å². The van der Waals surface area contributed by atoms with Gasteiger partial charge < -0.3 is 14.3 Å². The zero-order chi connectivity index (χ0) is 17.7. The lowest BCUT2D eigenvalue weighted by molar-refractivity contribution is -0.158. The van der Waals surface area contributed by atoms with Gasteiger partial charge in [0.25, 0.3) is 0 Å². The fourth-order valence-electron chi connectivity index (χ4n) is 2.82. The van der Waals surface area contributed by atoms with Crippen molar-refractivity contribution in [3.63, 3.8) is 0 Å². The summed E-state index contributed by atoms with van der Waals surface area (Å²) in [6.07, 6.45) is 0.805. The van der Waals surface area contributed by atoms with E-state index >= 15 is 0 Å². The van der Waals surface area contributed by atoms with Crippen LogP contribution in [-0.4, -0.2) is 37.5 Å². The summed E-state index contributed by atoms with van der Waals surface area (Å²) in [4.78, 5) is 29.4. The molecule has 0 fully saturated rings. The summed E-state index contributed by atoms with van der Waals surface area (Å²) in [5.74, 6) is -2.36. The molecule has 0 aromatic heterocycles. The van der Waals surface area contributed by atoms with Crippen LogP contribution >= 0.6 is 0 Å². The highest BCUT2D eigenvalue weighted by atomic mass is 16.6. The Morgan fingerprint density at radius 3 is 2.33 bits per heavy atom. The first-order valence-electron chi connectivity index (χ1n) is 7.83. The van der Waals surface area contributed by atoms with Crippen molar-refractivity contribution in [1.29, 1.82) is 0 Å². The molecule has 130 valence electrons. The van der Waals surface area contributed by atoms with Crippen LogP contribution in [0.4, 0.5) is 0 Å². The first-order valence-corrected chi connectivity index (χ1v) is 7.83. The van der Waals surface area contributed by atoms with Gasteiger partial charge in [0.2, 0.25) is 0 Å². The van der Waals surface area contributed by atoms with Gasteiger partial charge in [-0.05, 0) is 19.4 Å². The number of benzene rings is 1. The van der Waals surface area contributed by atoms with E-state index in [2.05, 4.69) is 5.16 Å². The number of oxime groups is 1. The molecule has 0 spiro atoms. The van der Waals surface area contributed by atoms with Crippen LogP contribution in [0.3, 0.4) is 0 Å². The molecule has 1 aliphatic heterocycles. The van der Waals surface area contributed by atoms with Gasteiger partial charge in [-0.3, -0.25) is 9.59 Å². The summed E-state index contributed by atoms with van der Waals surface area (Å²) in [5.41, 5.74) is 1.29. The highest BCUT2D eigenvalue weighted by molar-refractivity contribution is 6.02. The van der Waals surface area contributed by atoms with Crippen molar-refractivity contribution in [1.82, 2.24) is 0 Å². The van der Waals surface area contributed by atoms with Crippen LogP contribution in [0.1, 0.15) is 38.2 Å². The molecule has 0 N–H and O–H groups in total. The number of rotatable bonds is 5. The Morgan fingerprint density at radius 1 is 1.21 bits per heavy atom. The highest BCUT2D eigenvalue weighted by Gasteiger charge is 2.38. The number of nitrogens with zero attached hydrogens (tertiary/aromatic N) is 1. The lowest BCUT2D eigenvalue weighted by Gasteiger charge is -2.34. The molecule has 6 nitrogen and oxygen atoms in total. The highest BCUT2D eigenvalue weighted by Crippen LogP contribution is 2.36. The predicted octanol–water partition coefficient (Wildman–Crippen LogP) is 2.68. The molecule has 6 heteroatoms. The lowest BCUT2D eigenvalue weighted by atomic mass is 9.80. The average Bonchev–Trinajstić information content (AvgIpc) is 2.59. The minimum atomic E-state index is -1.05. The molecule has 0 saturated carbocycles. The molecule has 0 aliphatic carbocycles. The second kappa shape index (κ2) is 7.47. The van der Waals surface area contributed by atoms with Crippen molar-refractivity contribution in [3.05, 3.63) is 35.9 Å². The van der Waals surface area contributed by atoms with E-state index in [0.717, 1.165) is 5.56 Å².